The summed E-state index contributed by atoms with van der Waals surface area (Å²) in [5.41, 5.74) is 4.80. The van der Waals surface area contributed by atoms with E-state index in [1.54, 1.807) is 20.4 Å². The molecule has 0 fully saturated rings. The van der Waals surface area contributed by atoms with Crippen LogP contribution in [-0.2, 0) is 17.9 Å². The van der Waals surface area contributed by atoms with Gasteiger partial charge in [-0.2, -0.15) is 0 Å². The number of aromatic nitrogens is 4. The van der Waals surface area contributed by atoms with Gasteiger partial charge in [0.2, 0.25) is 5.88 Å². The summed E-state index contributed by atoms with van der Waals surface area (Å²) >= 11 is 7.86. The Kier molecular flexibility index (Phi) is 5.30. The minimum atomic E-state index is 0.412. The monoisotopic (exact) mass is 414 g/mol. The molecule has 28 heavy (non-hydrogen) atoms. The van der Waals surface area contributed by atoms with Crippen molar-refractivity contribution >= 4 is 34.0 Å². The summed E-state index contributed by atoms with van der Waals surface area (Å²) < 4.78 is 13.3. The average Bonchev–Trinajstić information content (AvgIpc) is 3.21. The molecule has 0 saturated carbocycles. The largest absolute Gasteiger partial charge is 0.481 e. The summed E-state index contributed by atoms with van der Waals surface area (Å²) in [4.78, 5) is 13.6. The third-order valence-corrected chi connectivity index (χ3v) is 5.70. The van der Waals surface area contributed by atoms with Crippen molar-refractivity contribution < 1.29 is 9.47 Å². The molecule has 0 aliphatic heterocycles. The van der Waals surface area contributed by atoms with Crippen LogP contribution in [0.15, 0.2) is 36.5 Å². The van der Waals surface area contributed by atoms with Gasteiger partial charge in [-0.15, -0.1) is 11.3 Å². The molecule has 4 rings (SSSR count). The van der Waals surface area contributed by atoms with E-state index >= 15 is 0 Å². The molecule has 0 bridgehead atoms. The number of halogens is 1. The van der Waals surface area contributed by atoms with E-state index in [9.17, 15) is 0 Å². The molecule has 6 nitrogen and oxygen atoms in total. The second-order valence-electron chi connectivity index (χ2n) is 6.29. The Morgan fingerprint density at radius 1 is 1.11 bits per heavy atom. The van der Waals surface area contributed by atoms with Crippen molar-refractivity contribution in [1.29, 1.82) is 0 Å². The molecule has 0 unspecified atom stereocenters. The van der Waals surface area contributed by atoms with Crippen molar-refractivity contribution in [3.05, 3.63) is 57.4 Å². The molecule has 3 heterocycles. The van der Waals surface area contributed by atoms with Crippen LogP contribution in [0.25, 0.3) is 22.2 Å². The fourth-order valence-electron chi connectivity index (χ4n) is 3.13. The zero-order chi connectivity index (χ0) is 19.7. The van der Waals surface area contributed by atoms with Gasteiger partial charge in [-0.1, -0.05) is 17.7 Å². The van der Waals surface area contributed by atoms with Crippen molar-refractivity contribution in [2.75, 3.05) is 14.2 Å². The molecule has 3 aromatic heterocycles. The fourth-order valence-corrected chi connectivity index (χ4v) is 4.21. The maximum atomic E-state index is 6.37. The number of thiazole rings is 1. The van der Waals surface area contributed by atoms with Crippen molar-refractivity contribution in [2.24, 2.45) is 0 Å². The molecule has 0 radical (unpaired) electrons. The molecule has 0 spiro atoms. The van der Waals surface area contributed by atoms with Gasteiger partial charge in [-0.05, 0) is 30.7 Å². The number of pyridine rings is 1. The van der Waals surface area contributed by atoms with Crippen LogP contribution in [0, 0.1) is 6.92 Å². The van der Waals surface area contributed by atoms with E-state index in [1.807, 2.05) is 31.2 Å². The summed E-state index contributed by atoms with van der Waals surface area (Å²) in [6, 6.07) is 10.0. The highest BCUT2D eigenvalue weighted by molar-refractivity contribution is 7.15. The molecular formula is C20H19ClN4O2S. The molecule has 4 aromatic rings. The third kappa shape index (κ3) is 3.61. The molecule has 0 amide bonds. The summed E-state index contributed by atoms with van der Waals surface area (Å²) in [6.07, 6.45) is 1.80. The van der Waals surface area contributed by atoms with E-state index in [-0.39, 0.29) is 0 Å². The van der Waals surface area contributed by atoms with Crippen molar-refractivity contribution in [1.82, 2.24) is 19.5 Å². The highest BCUT2D eigenvalue weighted by Crippen LogP contribution is 2.29. The van der Waals surface area contributed by atoms with Crippen LogP contribution in [0.2, 0.25) is 4.34 Å². The predicted molar refractivity (Wildman–Crippen MR) is 111 cm³/mol. The van der Waals surface area contributed by atoms with E-state index in [1.165, 1.54) is 11.3 Å². The number of imidazole rings is 1. The first kappa shape index (κ1) is 18.9. The number of rotatable bonds is 6. The van der Waals surface area contributed by atoms with Gasteiger partial charge in [0.05, 0.1) is 35.4 Å². The molecular weight excluding hydrogens is 396 g/mol. The maximum absolute atomic E-state index is 6.37. The maximum Gasteiger partial charge on any atom is 0.212 e. The second-order valence-corrected chi connectivity index (χ2v) is 8.10. The van der Waals surface area contributed by atoms with Gasteiger partial charge in [0.25, 0.3) is 0 Å². The first-order valence-corrected chi connectivity index (χ1v) is 9.89. The molecule has 0 saturated heterocycles. The number of nitrogens with zero attached hydrogens (tertiary/aromatic N) is 4. The van der Waals surface area contributed by atoms with Crippen LogP contribution >= 0.6 is 22.9 Å². The van der Waals surface area contributed by atoms with E-state index < -0.39 is 0 Å². The highest BCUT2D eigenvalue weighted by Gasteiger charge is 2.16. The SMILES string of the molecule is COCc1nc2ccc(-c3ccc(OC)nc3)cc2n1Cc1nc(C)sc1Cl. The Labute approximate surface area is 171 Å². The van der Waals surface area contributed by atoms with E-state index in [0.717, 1.165) is 38.7 Å². The van der Waals surface area contributed by atoms with Gasteiger partial charge in [0.1, 0.15) is 16.8 Å². The second kappa shape index (κ2) is 7.87. The number of hydrogen-bond donors (Lipinski definition) is 0. The minimum absolute atomic E-state index is 0.412. The smallest absolute Gasteiger partial charge is 0.212 e. The lowest BCUT2D eigenvalue weighted by Crippen LogP contribution is -2.07. The first-order valence-electron chi connectivity index (χ1n) is 8.69. The van der Waals surface area contributed by atoms with E-state index in [4.69, 9.17) is 26.1 Å². The zero-order valence-corrected chi connectivity index (χ0v) is 17.3. The highest BCUT2D eigenvalue weighted by atomic mass is 35.5. The Bertz CT molecular complexity index is 1120. The first-order chi connectivity index (χ1) is 13.6. The average molecular weight is 415 g/mol. The van der Waals surface area contributed by atoms with Gasteiger partial charge >= 0.3 is 0 Å². The van der Waals surface area contributed by atoms with Crippen LogP contribution in [0.5, 0.6) is 5.88 Å². The Balaban J connectivity index is 1.80. The zero-order valence-electron chi connectivity index (χ0n) is 15.8. The Morgan fingerprint density at radius 2 is 1.93 bits per heavy atom. The fraction of sp³-hybridized carbons (Fsp3) is 0.250. The topological polar surface area (TPSA) is 62.1 Å². The number of hydrogen-bond acceptors (Lipinski definition) is 6. The van der Waals surface area contributed by atoms with Gasteiger partial charge in [-0.25, -0.2) is 15.0 Å². The molecule has 8 heteroatoms. The number of aryl methyl sites for hydroxylation is 1. The number of methoxy groups -OCH3 is 2. The number of ether oxygens (including phenoxy) is 2. The quantitative estimate of drug-likeness (QED) is 0.456. The number of fused-ring (bicyclic) bond motifs is 1. The van der Waals surface area contributed by atoms with Crippen molar-refractivity contribution in [3.8, 4) is 17.0 Å². The Morgan fingerprint density at radius 3 is 2.57 bits per heavy atom. The summed E-state index contributed by atoms with van der Waals surface area (Å²) in [5.74, 6) is 1.43. The van der Waals surface area contributed by atoms with Crippen LogP contribution in [-0.4, -0.2) is 33.7 Å². The van der Waals surface area contributed by atoms with Gasteiger partial charge in [0, 0.05) is 24.9 Å². The summed E-state index contributed by atoms with van der Waals surface area (Å²) in [5, 5.41) is 0.947. The molecule has 1 aromatic carbocycles. The van der Waals surface area contributed by atoms with Gasteiger partial charge in [-0.3, -0.25) is 0 Å². The van der Waals surface area contributed by atoms with Crippen LogP contribution in [0.3, 0.4) is 0 Å². The van der Waals surface area contributed by atoms with Crippen molar-refractivity contribution in [3.63, 3.8) is 0 Å². The minimum Gasteiger partial charge on any atom is -0.481 e. The van der Waals surface area contributed by atoms with E-state index in [0.29, 0.717) is 23.4 Å². The van der Waals surface area contributed by atoms with E-state index in [2.05, 4.69) is 20.6 Å². The molecule has 0 aliphatic rings. The van der Waals surface area contributed by atoms with Crippen molar-refractivity contribution in [2.45, 2.75) is 20.1 Å². The van der Waals surface area contributed by atoms with Gasteiger partial charge in [0.15, 0.2) is 0 Å². The molecule has 144 valence electrons. The van der Waals surface area contributed by atoms with Crippen LogP contribution < -0.4 is 4.74 Å². The Hall–Kier alpha value is -2.48. The molecule has 0 N–H and O–H groups in total. The summed E-state index contributed by atoms with van der Waals surface area (Å²) in [7, 11) is 3.27. The molecule has 0 aliphatic carbocycles. The molecule has 0 atom stereocenters. The third-order valence-electron chi connectivity index (χ3n) is 4.44. The van der Waals surface area contributed by atoms with Gasteiger partial charge < -0.3 is 14.0 Å². The normalized spacial score (nSPS) is 11.3. The number of benzene rings is 1. The predicted octanol–water partition coefficient (Wildman–Crippen LogP) is 4.72. The lowest BCUT2D eigenvalue weighted by molar-refractivity contribution is 0.175. The standard InChI is InChI=1S/C20H19ClN4O2S/c1-12-23-16(20(21)28-12)10-25-17-8-13(14-5-7-19(27-3)22-9-14)4-6-15(17)24-18(25)11-26-2/h4-9H,10-11H2,1-3H3. The van der Waals surface area contributed by atoms with Crippen LogP contribution in [0.1, 0.15) is 16.5 Å². The lowest BCUT2D eigenvalue weighted by Gasteiger charge is -2.09. The lowest BCUT2D eigenvalue weighted by atomic mass is 10.1. The summed E-state index contributed by atoms with van der Waals surface area (Å²) in [6.45, 7) is 2.91. The van der Waals surface area contributed by atoms with Crippen LogP contribution in [0.4, 0.5) is 0 Å².